The average molecular weight is 385 g/mol. The normalized spacial score (nSPS) is 11.3. The summed E-state index contributed by atoms with van der Waals surface area (Å²) in [5.74, 6) is 1.41. The number of rotatable bonds is 5. The van der Waals surface area contributed by atoms with Crippen molar-refractivity contribution in [1.82, 2.24) is 15.0 Å². The molecule has 0 atom stereocenters. The average Bonchev–Trinajstić information content (AvgIpc) is 3.34. The third-order valence-electron chi connectivity index (χ3n) is 4.44. The van der Waals surface area contributed by atoms with Crippen LogP contribution in [0.3, 0.4) is 0 Å². The standard InChI is InChI=1S/C22H15N3O2S/c26-21(14-6-2-1-3-7-14)15-10-11-16-18(12-15)24-20(23-16)13-28-22-25-17-8-4-5-9-19(17)27-22/h1-12H,13H2,(H,23,24). The maximum absolute atomic E-state index is 12.6. The van der Waals surface area contributed by atoms with E-state index >= 15 is 0 Å². The predicted molar refractivity (Wildman–Crippen MR) is 110 cm³/mol. The monoisotopic (exact) mass is 385 g/mol. The lowest BCUT2D eigenvalue weighted by atomic mass is 10.0. The van der Waals surface area contributed by atoms with E-state index in [0.29, 0.717) is 22.1 Å². The maximum Gasteiger partial charge on any atom is 0.257 e. The van der Waals surface area contributed by atoms with Crippen LogP contribution in [0.4, 0.5) is 0 Å². The fourth-order valence-corrected chi connectivity index (χ4v) is 3.78. The molecule has 5 nitrogen and oxygen atoms in total. The first-order valence-electron chi connectivity index (χ1n) is 8.83. The number of aromatic nitrogens is 3. The number of ketones is 1. The molecule has 0 amide bonds. The Morgan fingerprint density at radius 3 is 2.57 bits per heavy atom. The van der Waals surface area contributed by atoms with Gasteiger partial charge in [0.05, 0.1) is 16.8 Å². The molecule has 0 bridgehead atoms. The van der Waals surface area contributed by atoms with Crippen LogP contribution in [-0.4, -0.2) is 20.7 Å². The Morgan fingerprint density at radius 2 is 1.71 bits per heavy atom. The van der Waals surface area contributed by atoms with Gasteiger partial charge in [-0.2, -0.15) is 0 Å². The smallest absolute Gasteiger partial charge is 0.257 e. The Morgan fingerprint density at radius 1 is 0.893 bits per heavy atom. The number of para-hydroxylation sites is 2. The van der Waals surface area contributed by atoms with Gasteiger partial charge in [0.25, 0.3) is 5.22 Å². The van der Waals surface area contributed by atoms with E-state index < -0.39 is 0 Å². The number of aromatic amines is 1. The number of imidazole rings is 1. The van der Waals surface area contributed by atoms with Crippen molar-refractivity contribution in [1.29, 1.82) is 0 Å². The van der Waals surface area contributed by atoms with E-state index in [1.54, 1.807) is 0 Å². The Hall–Kier alpha value is -3.38. The summed E-state index contributed by atoms with van der Waals surface area (Å²) in [6.45, 7) is 0. The summed E-state index contributed by atoms with van der Waals surface area (Å²) in [5.41, 5.74) is 4.61. The van der Waals surface area contributed by atoms with Crippen molar-refractivity contribution in [2.24, 2.45) is 0 Å². The third-order valence-corrected chi connectivity index (χ3v) is 5.28. The molecule has 5 aromatic rings. The molecule has 0 saturated heterocycles. The summed E-state index contributed by atoms with van der Waals surface area (Å²) in [6.07, 6.45) is 0. The molecule has 6 heteroatoms. The first-order valence-corrected chi connectivity index (χ1v) is 9.81. The van der Waals surface area contributed by atoms with Crippen molar-refractivity contribution in [3.05, 3.63) is 89.7 Å². The fourth-order valence-electron chi connectivity index (χ4n) is 3.07. The molecule has 0 aliphatic rings. The number of fused-ring (bicyclic) bond motifs is 2. The van der Waals surface area contributed by atoms with Crippen molar-refractivity contribution in [2.75, 3.05) is 0 Å². The molecule has 0 spiro atoms. The van der Waals surface area contributed by atoms with Gasteiger partial charge in [0.2, 0.25) is 0 Å². The van der Waals surface area contributed by atoms with Crippen LogP contribution in [0.15, 0.2) is 82.4 Å². The van der Waals surface area contributed by atoms with E-state index in [1.165, 1.54) is 11.8 Å². The zero-order valence-electron chi connectivity index (χ0n) is 14.8. The van der Waals surface area contributed by atoms with Gasteiger partial charge < -0.3 is 9.40 Å². The molecular weight excluding hydrogens is 370 g/mol. The Kier molecular flexibility index (Phi) is 4.18. The minimum atomic E-state index is -0.000462. The molecule has 0 radical (unpaired) electrons. The second-order valence-corrected chi connectivity index (χ2v) is 7.27. The third kappa shape index (κ3) is 3.18. The van der Waals surface area contributed by atoms with Gasteiger partial charge in [0.15, 0.2) is 11.4 Å². The summed E-state index contributed by atoms with van der Waals surface area (Å²) in [4.78, 5) is 25.0. The molecule has 0 saturated carbocycles. The number of benzene rings is 3. The van der Waals surface area contributed by atoms with Crippen LogP contribution in [0.1, 0.15) is 21.7 Å². The van der Waals surface area contributed by atoms with Crippen LogP contribution in [0.25, 0.3) is 22.1 Å². The van der Waals surface area contributed by atoms with Crippen molar-refractivity contribution in [3.8, 4) is 0 Å². The summed E-state index contributed by atoms with van der Waals surface area (Å²) in [6, 6.07) is 22.5. The first-order chi connectivity index (χ1) is 13.8. The lowest BCUT2D eigenvalue weighted by Crippen LogP contribution is -2.00. The topological polar surface area (TPSA) is 71.8 Å². The molecule has 0 fully saturated rings. The van der Waals surface area contributed by atoms with Gasteiger partial charge in [-0.1, -0.05) is 54.2 Å². The van der Waals surface area contributed by atoms with Crippen LogP contribution >= 0.6 is 11.8 Å². The number of thioether (sulfide) groups is 1. The van der Waals surface area contributed by atoms with Crippen LogP contribution in [0.5, 0.6) is 0 Å². The van der Waals surface area contributed by atoms with Gasteiger partial charge in [0, 0.05) is 11.1 Å². The van der Waals surface area contributed by atoms with Gasteiger partial charge in [0.1, 0.15) is 11.3 Å². The molecule has 0 aliphatic carbocycles. The van der Waals surface area contributed by atoms with E-state index in [4.69, 9.17) is 4.42 Å². The van der Waals surface area contributed by atoms with Crippen LogP contribution in [-0.2, 0) is 5.75 Å². The summed E-state index contributed by atoms with van der Waals surface area (Å²) in [7, 11) is 0. The van der Waals surface area contributed by atoms with E-state index in [9.17, 15) is 4.79 Å². The van der Waals surface area contributed by atoms with E-state index in [-0.39, 0.29) is 5.78 Å². The van der Waals surface area contributed by atoms with Gasteiger partial charge in [-0.3, -0.25) is 4.79 Å². The number of carbonyl (C=O) groups is 1. The van der Waals surface area contributed by atoms with E-state index in [2.05, 4.69) is 15.0 Å². The molecule has 3 aromatic carbocycles. The molecule has 5 rings (SSSR count). The second-order valence-electron chi connectivity index (χ2n) is 6.35. The predicted octanol–water partition coefficient (Wildman–Crippen LogP) is 5.23. The molecule has 1 N–H and O–H groups in total. The molecule has 136 valence electrons. The number of nitrogens with one attached hydrogen (secondary N) is 1. The van der Waals surface area contributed by atoms with Crippen molar-refractivity contribution in [2.45, 2.75) is 11.0 Å². The Balaban J connectivity index is 1.37. The first kappa shape index (κ1) is 16.8. The zero-order chi connectivity index (χ0) is 18.9. The number of hydrogen-bond donors (Lipinski definition) is 1. The fraction of sp³-hybridized carbons (Fsp3) is 0.0455. The maximum atomic E-state index is 12.6. The number of nitrogens with zero attached hydrogens (tertiary/aromatic N) is 2. The highest BCUT2D eigenvalue weighted by Gasteiger charge is 2.12. The summed E-state index contributed by atoms with van der Waals surface area (Å²) in [5, 5.41) is 0.613. The highest BCUT2D eigenvalue weighted by molar-refractivity contribution is 7.98. The lowest BCUT2D eigenvalue weighted by molar-refractivity contribution is 0.103. The van der Waals surface area contributed by atoms with Gasteiger partial charge in [-0.05, 0) is 30.3 Å². The van der Waals surface area contributed by atoms with Crippen LogP contribution in [0, 0.1) is 0 Å². The highest BCUT2D eigenvalue weighted by Crippen LogP contribution is 2.26. The van der Waals surface area contributed by atoms with Gasteiger partial charge in [-0.25, -0.2) is 9.97 Å². The zero-order valence-corrected chi connectivity index (χ0v) is 15.6. The SMILES string of the molecule is O=C(c1ccccc1)c1ccc2nc(CSc3nc4ccccc4o3)[nH]c2c1. The summed E-state index contributed by atoms with van der Waals surface area (Å²) >= 11 is 1.48. The molecule has 2 heterocycles. The van der Waals surface area contributed by atoms with Crippen LogP contribution in [0.2, 0.25) is 0 Å². The molecular formula is C22H15N3O2S. The molecule has 0 aliphatic heterocycles. The van der Waals surface area contributed by atoms with Crippen molar-refractivity contribution >= 4 is 39.7 Å². The minimum Gasteiger partial charge on any atom is -0.431 e. The largest absolute Gasteiger partial charge is 0.431 e. The highest BCUT2D eigenvalue weighted by atomic mass is 32.2. The van der Waals surface area contributed by atoms with Gasteiger partial charge >= 0.3 is 0 Å². The molecule has 0 unspecified atom stereocenters. The minimum absolute atomic E-state index is 0.000462. The molecule has 28 heavy (non-hydrogen) atoms. The molecule has 2 aromatic heterocycles. The van der Waals surface area contributed by atoms with Gasteiger partial charge in [-0.15, -0.1) is 0 Å². The number of hydrogen-bond acceptors (Lipinski definition) is 5. The Labute approximate surface area is 164 Å². The summed E-state index contributed by atoms with van der Waals surface area (Å²) < 4.78 is 5.73. The quantitative estimate of drug-likeness (QED) is 0.331. The van der Waals surface area contributed by atoms with E-state index in [1.807, 2.05) is 72.8 Å². The number of oxazole rings is 1. The second kappa shape index (κ2) is 6.98. The number of H-pyrrole nitrogens is 1. The number of carbonyl (C=O) groups excluding carboxylic acids is 1. The Bertz CT molecular complexity index is 1260. The van der Waals surface area contributed by atoms with Crippen molar-refractivity contribution in [3.63, 3.8) is 0 Å². The van der Waals surface area contributed by atoms with Crippen LogP contribution < -0.4 is 0 Å². The van der Waals surface area contributed by atoms with E-state index in [0.717, 1.165) is 28.0 Å². The lowest BCUT2D eigenvalue weighted by Gasteiger charge is -2.00. The van der Waals surface area contributed by atoms with Crippen molar-refractivity contribution < 1.29 is 9.21 Å².